The lowest BCUT2D eigenvalue weighted by Gasteiger charge is -2.38. The fourth-order valence-corrected chi connectivity index (χ4v) is 3.16. The molecule has 1 aromatic rings. The minimum atomic E-state index is -1.82. The normalized spacial score (nSPS) is 15.1. The van der Waals surface area contributed by atoms with Gasteiger partial charge in [0.15, 0.2) is 0 Å². The highest BCUT2D eigenvalue weighted by Crippen LogP contribution is 2.21. The first-order valence-electron chi connectivity index (χ1n) is 8.95. The van der Waals surface area contributed by atoms with Crippen molar-refractivity contribution in [2.75, 3.05) is 26.2 Å². The number of hydrogen-bond donors (Lipinski definition) is 2. The molecule has 9 heteroatoms. The zero-order chi connectivity index (χ0) is 20.4. The minimum Gasteiger partial charge on any atom is -0.473 e. The Morgan fingerprint density at radius 1 is 1.07 bits per heavy atom. The molecule has 0 unspecified atom stereocenters. The number of nitrogens with zero attached hydrogens (tertiary/aromatic N) is 3. The molecule has 0 spiro atoms. The fourth-order valence-electron chi connectivity index (χ4n) is 3.16. The van der Waals surface area contributed by atoms with Crippen LogP contribution in [0, 0.1) is 10.1 Å². The molecule has 9 nitrogen and oxygen atoms in total. The van der Waals surface area contributed by atoms with Gasteiger partial charge < -0.3 is 10.2 Å². The van der Waals surface area contributed by atoms with Gasteiger partial charge in [0.05, 0.1) is 4.92 Å². The van der Waals surface area contributed by atoms with E-state index in [0.717, 1.165) is 31.7 Å². The number of aliphatic carboxylic acids is 2. The van der Waals surface area contributed by atoms with E-state index in [4.69, 9.17) is 19.8 Å². The standard InChI is InChI=1S/C16H25N3O2.C2H2O4/c1-3-15(4-2)18-11-9-17(10-12-18)13-14-7-5-6-8-16(14)19(20)21;3-1(4)2(5)6/h5-8,15H,3-4,9-13H2,1-2H3;(H,3,4)(H,5,6). The monoisotopic (exact) mass is 381 g/mol. The first-order chi connectivity index (χ1) is 12.8. The van der Waals surface area contributed by atoms with Crippen LogP contribution in [-0.2, 0) is 16.1 Å². The number of piperazine rings is 1. The molecule has 0 atom stereocenters. The van der Waals surface area contributed by atoms with Crippen LogP contribution in [0.3, 0.4) is 0 Å². The first kappa shape index (κ1) is 22.5. The van der Waals surface area contributed by atoms with Crippen molar-refractivity contribution in [3.63, 3.8) is 0 Å². The second-order valence-electron chi connectivity index (χ2n) is 6.28. The summed E-state index contributed by atoms with van der Waals surface area (Å²) in [6.45, 7) is 9.26. The van der Waals surface area contributed by atoms with Crippen molar-refractivity contribution in [2.45, 2.75) is 39.3 Å². The quantitative estimate of drug-likeness (QED) is 0.436. The van der Waals surface area contributed by atoms with Crippen LogP contribution in [0.4, 0.5) is 5.69 Å². The number of hydrogen-bond acceptors (Lipinski definition) is 6. The number of carboxylic acid groups (broad SMARTS) is 2. The molecule has 1 aliphatic heterocycles. The van der Waals surface area contributed by atoms with Crippen LogP contribution in [0.15, 0.2) is 24.3 Å². The van der Waals surface area contributed by atoms with Crippen molar-refractivity contribution in [3.8, 4) is 0 Å². The molecule has 0 aromatic heterocycles. The van der Waals surface area contributed by atoms with E-state index in [1.165, 1.54) is 12.8 Å². The zero-order valence-corrected chi connectivity index (χ0v) is 15.7. The maximum Gasteiger partial charge on any atom is 0.414 e. The smallest absolute Gasteiger partial charge is 0.414 e. The first-order valence-corrected chi connectivity index (χ1v) is 8.95. The van der Waals surface area contributed by atoms with E-state index in [0.29, 0.717) is 12.6 Å². The Labute approximate surface area is 158 Å². The lowest BCUT2D eigenvalue weighted by molar-refractivity contribution is -0.385. The van der Waals surface area contributed by atoms with Gasteiger partial charge in [-0.05, 0) is 12.8 Å². The van der Waals surface area contributed by atoms with Crippen molar-refractivity contribution in [1.29, 1.82) is 0 Å². The summed E-state index contributed by atoms with van der Waals surface area (Å²) >= 11 is 0. The van der Waals surface area contributed by atoms with Crippen molar-refractivity contribution >= 4 is 17.6 Å². The molecule has 0 saturated carbocycles. The van der Waals surface area contributed by atoms with Gasteiger partial charge in [-0.1, -0.05) is 32.0 Å². The van der Waals surface area contributed by atoms with Crippen LogP contribution in [-0.4, -0.2) is 69.1 Å². The molecule has 150 valence electrons. The molecule has 1 saturated heterocycles. The largest absolute Gasteiger partial charge is 0.473 e. The van der Waals surface area contributed by atoms with Crippen LogP contribution in [0.2, 0.25) is 0 Å². The SMILES string of the molecule is CCC(CC)N1CCN(Cc2ccccc2[N+](=O)[O-])CC1.O=C(O)C(=O)O. The second-order valence-corrected chi connectivity index (χ2v) is 6.28. The molecule has 1 aliphatic rings. The van der Waals surface area contributed by atoms with Crippen LogP contribution in [0.1, 0.15) is 32.3 Å². The summed E-state index contributed by atoms with van der Waals surface area (Å²) in [5, 5.41) is 25.8. The van der Waals surface area contributed by atoms with E-state index in [-0.39, 0.29) is 10.6 Å². The number of rotatable bonds is 6. The highest BCUT2D eigenvalue weighted by molar-refractivity contribution is 6.27. The molecule has 2 rings (SSSR count). The Balaban J connectivity index is 0.000000527. The Morgan fingerprint density at radius 2 is 1.59 bits per heavy atom. The summed E-state index contributed by atoms with van der Waals surface area (Å²) < 4.78 is 0. The highest BCUT2D eigenvalue weighted by Gasteiger charge is 2.23. The Bertz CT molecular complexity index is 628. The maximum absolute atomic E-state index is 11.1. The lowest BCUT2D eigenvalue weighted by atomic mass is 10.1. The molecular formula is C18H27N3O6. The Morgan fingerprint density at radius 3 is 2.04 bits per heavy atom. The molecule has 27 heavy (non-hydrogen) atoms. The van der Waals surface area contributed by atoms with E-state index < -0.39 is 11.9 Å². The van der Waals surface area contributed by atoms with Crippen LogP contribution >= 0.6 is 0 Å². The fraction of sp³-hybridized carbons (Fsp3) is 0.556. The van der Waals surface area contributed by atoms with E-state index in [1.807, 2.05) is 12.1 Å². The third-order valence-electron chi connectivity index (χ3n) is 4.63. The average Bonchev–Trinajstić information content (AvgIpc) is 2.65. The summed E-state index contributed by atoms with van der Waals surface area (Å²) in [6.07, 6.45) is 2.39. The van der Waals surface area contributed by atoms with E-state index in [2.05, 4.69) is 23.6 Å². The van der Waals surface area contributed by atoms with Crippen LogP contribution < -0.4 is 0 Å². The summed E-state index contributed by atoms with van der Waals surface area (Å²) in [5.74, 6) is -3.65. The summed E-state index contributed by atoms with van der Waals surface area (Å²) in [7, 11) is 0. The van der Waals surface area contributed by atoms with Crippen molar-refractivity contribution in [1.82, 2.24) is 9.80 Å². The molecule has 0 amide bonds. The van der Waals surface area contributed by atoms with E-state index in [1.54, 1.807) is 12.1 Å². The molecule has 2 N–H and O–H groups in total. The molecule has 1 aromatic carbocycles. The van der Waals surface area contributed by atoms with Gasteiger partial charge in [0.25, 0.3) is 5.69 Å². The van der Waals surface area contributed by atoms with Crippen LogP contribution in [0.25, 0.3) is 0 Å². The van der Waals surface area contributed by atoms with Gasteiger partial charge in [-0.2, -0.15) is 0 Å². The Kier molecular flexibility index (Phi) is 9.38. The predicted molar refractivity (Wildman–Crippen MR) is 99.6 cm³/mol. The van der Waals surface area contributed by atoms with Gasteiger partial charge in [0.1, 0.15) is 0 Å². The summed E-state index contributed by atoms with van der Waals surface area (Å²) in [5.41, 5.74) is 1.05. The number of benzene rings is 1. The van der Waals surface area contributed by atoms with E-state index in [9.17, 15) is 10.1 Å². The van der Waals surface area contributed by atoms with E-state index >= 15 is 0 Å². The van der Waals surface area contributed by atoms with Gasteiger partial charge in [0.2, 0.25) is 0 Å². The topological polar surface area (TPSA) is 124 Å². The summed E-state index contributed by atoms with van der Waals surface area (Å²) in [4.78, 5) is 33.9. The second kappa shape index (κ2) is 11.2. The van der Waals surface area contributed by atoms with Crippen molar-refractivity contribution < 1.29 is 24.7 Å². The van der Waals surface area contributed by atoms with Gasteiger partial charge >= 0.3 is 11.9 Å². The van der Waals surface area contributed by atoms with Crippen LogP contribution in [0.5, 0.6) is 0 Å². The van der Waals surface area contributed by atoms with Crippen molar-refractivity contribution in [3.05, 3.63) is 39.9 Å². The predicted octanol–water partition coefficient (Wildman–Crippen LogP) is 2.06. The highest BCUT2D eigenvalue weighted by atomic mass is 16.6. The minimum absolute atomic E-state index is 0.236. The van der Waals surface area contributed by atoms with Crippen molar-refractivity contribution in [2.24, 2.45) is 0 Å². The third kappa shape index (κ3) is 7.32. The van der Waals surface area contributed by atoms with Gasteiger partial charge in [-0.25, -0.2) is 9.59 Å². The Hall–Kier alpha value is -2.52. The number of carbonyl (C=O) groups is 2. The molecule has 0 aliphatic carbocycles. The molecule has 0 bridgehead atoms. The van der Waals surface area contributed by atoms with Gasteiger partial charge in [0, 0.05) is 50.4 Å². The zero-order valence-electron chi connectivity index (χ0n) is 15.7. The molecule has 0 radical (unpaired) electrons. The average molecular weight is 381 g/mol. The lowest BCUT2D eigenvalue weighted by Crippen LogP contribution is -2.49. The number of nitro groups is 1. The third-order valence-corrected chi connectivity index (χ3v) is 4.63. The molecular weight excluding hydrogens is 354 g/mol. The summed E-state index contributed by atoms with van der Waals surface area (Å²) in [6, 6.07) is 7.74. The maximum atomic E-state index is 11.1. The molecule has 1 fully saturated rings. The number of para-hydroxylation sites is 1. The number of carboxylic acids is 2. The molecule has 1 heterocycles. The van der Waals surface area contributed by atoms with Gasteiger partial charge in [-0.3, -0.25) is 19.9 Å². The number of nitro benzene ring substituents is 1. The van der Waals surface area contributed by atoms with Gasteiger partial charge in [-0.15, -0.1) is 0 Å².